The van der Waals surface area contributed by atoms with E-state index < -0.39 is 10.8 Å². The van der Waals surface area contributed by atoms with Crippen LogP contribution in [-0.2, 0) is 11.3 Å². The fourth-order valence-corrected chi connectivity index (χ4v) is 3.66. The number of hydrogen-bond acceptors (Lipinski definition) is 7. The van der Waals surface area contributed by atoms with Crippen LogP contribution < -0.4 is 5.73 Å². The summed E-state index contributed by atoms with van der Waals surface area (Å²) in [4.78, 5) is 28.1. The Morgan fingerprint density at radius 1 is 1.32 bits per heavy atom. The highest BCUT2D eigenvalue weighted by molar-refractivity contribution is 5.75. The summed E-state index contributed by atoms with van der Waals surface area (Å²) in [6.45, 7) is 1.18. The number of benzene rings is 1. The summed E-state index contributed by atoms with van der Waals surface area (Å²) in [5, 5.41) is 14.8. The van der Waals surface area contributed by atoms with Gasteiger partial charge in [0.15, 0.2) is 0 Å². The maximum atomic E-state index is 11.4. The van der Waals surface area contributed by atoms with Crippen LogP contribution in [0.5, 0.6) is 0 Å². The quantitative estimate of drug-likeness (QED) is 0.517. The first-order valence-corrected chi connectivity index (χ1v) is 9.59. The lowest BCUT2D eigenvalue weighted by atomic mass is 9.87. The molecule has 2 aromatic rings. The van der Waals surface area contributed by atoms with Crippen molar-refractivity contribution >= 4 is 11.6 Å². The Hall–Kier alpha value is -2.81. The fourth-order valence-electron chi connectivity index (χ4n) is 3.66. The van der Waals surface area contributed by atoms with E-state index in [2.05, 4.69) is 10.1 Å². The van der Waals surface area contributed by atoms with Crippen LogP contribution in [0.15, 0.2) is 28.8 Å². The monoisotopic (exact) mass is 387 g/mol. The normalized spacial score (nSPS) is 15.0. The molecular formula is C19H25N5O4. The summed E-state index contributed by atoms with van der Waals surface area (Å²) in [7, 11) is 0. The number of non-ortho nitro benzene ring substituents is 1. The van der Waals surface area contributed by atoms with Crippen molar-refractivity contribution in [3.63, 3.8) is 0 Å². The van der Waals surface area contributed by atoms with Gasteiger partial charge in [-0.05, 0) is 18.9 Å². The highest BCUT2D eigenvalue weighted by Crippen LogP contribution is 2.27. The van der Waals surface area contributed by atoms with Gasteiger partial charge in [0.25, 0.3) is 5.69 Å². The number of aromatic nitrogens is 2. The molecule has 0 unspecified atom stereocenters. The zero-order valence-corrected chi connectivity index (χ0v) is 15.7. The van der Waals surface area contributed by atoms with Gasteiger partial charge < -0.3 is 10.3 Å². The molecule has 28 heavy (non-hydrogen) atoms. The van der Waals surface area contributed by atoms with Crippen molar-refractivity contribution in [3.05, 3.63) is 40.3 Å². The lowest BCUT2D eigenvalue weighted by molar-refractivity contribution is -0.384. The van der Waals surface area contributed by atoms with E-state index in [0.717, 1.165) is 13.0 Å². The van der Waals surface area contributed by atoms with E-state index in [9.17, 15) is 14.9 Å². The smallest absolute Gasteiger partial charge is 0.270 e. The van der Waals surface area contributed by atoms with Gasteiger partial charge in [0.1, 0.15) is 0 Å². The minimum atomic E-state index is -0.468. The molecule has 0 aliphatic heterocycles. The van der Waals surface area contributed by atoms with Crippen LogP contribution in [-0.4, -0.2) is 39.0 Å². The molecule has 0 atom stereocenters. The standard InChI is InChI=1S/C19H25N5O4/c20-17(25)12-23(10-9-14-5-2-1-3-6-14)13-18-21-19(22-28-18)15-7-4-8-16(11-15)24(26)27/h4,7-8,11,14H,1-3,5-6,9-10,12-13H2,(H2,20,25). The van der Waals surface area contributed by atoms with Crippen LogP contribution in [0.3, 0.4) is 0 Å². The molecule has 1 aromatic heterocycles. The number of amides is 1. The molecule has 0 radical (unpaired) electrons. The highest BCUT2D eigenvalue weighted by Gasteiger charge is 2.19. The summed E-state index contributed by atoms with van der Waals surface area (Å²) >= 11 is 0. The number of carbonyl (C=O) groups is 1. The zero-order chi connectivity index (χ0) is 19.9. The Labute approximate surface area is 163 Å². The van der Waals surface area contributed by atoms with Crippen molar-refractivity contribution in [3.8, 4) is 11.4 Å². The summed E-state index contributed by atoms with van der Waals surface area (Å²) in [5.74, 6) is 0.922. The third-order valence-corrected chi connectivity index (χ3v) is 5.10. The third kappa shape index (κ3) is 5.59. The number of nitrogens with two attached hydrogens (primary N) is 1. The Balaban J connectivity index is 1.65. The van der Waals surface area contributed by atoms with Crippen molar-refractivity contribution < 1.29 is 14.2 Å². The summed E-state index contributed by atoms with van der Waals surface area (Å²) in [6, 6.07) is 6.07. The van der Waals surface area contributed by atoms with E-state index in [0.29, 0.717) is 23.9 Å². The van der Waals surface area contributed by atoms with Crippen molar-refractivity contribution in [2.75, 3.05) is 13.1 Å². The van der Waals surface area contributed by atoms with Crippen molar-refractivity contribution in [2.45, 2.75) is 45.1 Å². The van der Waals surface area contributed by atoms with E-state index in [1.54, 1.807) is 12.1 Å². The molecule has 1 aliphatic rings. The molecule has 1 amide bonds. The molecule has 1 aromatic carbocycles. The van der Waals surface area contributed by atoms with Gasteiger partial charge in [-0.1, -0.05) is 49.4 Å². The number of nitrogens with zero attached hydrogens (tertiary/aromatic N) is 4. The maximum absolute atomic E-state index is 11.4. The van der Waals surface area contributed by atoms with Gasteiger partial charge in [0.2, 0.25) is 17.6 Å². The molecular weight excluding hydrogens is 362 g/mol. The lowest BCUT2D eigenvalue weighted by Crippen LogP contribution is -2.35. The van der Waals surface area contributed by atoms with E-state index in [-0.39, 0.29) is 18.1 Å². The maximum Gasteiger partial charge on any atom is 0.270 e. The predicted molar refractivity (Wildman–Crippen MR) is 102 cm³/mol. The first kappa shape index (κ1) is 19.9. The molecule has 1 fully saturated rings. The van der Waals surface area contributed by atoms with Gasteiger partial charge in [-0.2, -0.15) is 4.98 Å². The van der Waals surface area contributed by atoms with Crippen molar-refractivity contribution in [2.24, 2.45) is 11.7 Å². The topological polar surface area (TPSA) is 128 Å². The predicted octanol–water partition coefficient (Wildman–Crippen LogP) is 2.90. The number of hydrogen-bond donors (Lipinski definition) is 1. The number of nitro benzene ring substituents is 1. The fraction of sp³-hybridized carbons (Fsp3) is 0.526. The molecule has 2 N–H and O–H groups in total. The van der Waals surface area contributed by atoms with Crippen LogP contribution in [0.1, 0.15) is 44.4 Å². The number of primary amides is 1. The minimum absolute atomic E-state index is 0.0355. The van der Waals surface area contributed by atoms with Crippen LogP contribution in [0, 0.1) is 16.0 Å². The van der Waals surface area contributed by atoms with E-state index >= 15 is 0 Å². The van der Waals surface area contributed by atoms with Gasteiger partial charge in [-0.25, -0.2) is 0 Å². The van der Waals surface area contributed by atoms with Crippen LogP contribution in [0.4, 0.5) is 5.69 Å². The third-order valence-electron chi connectivity index (χ3n) is 5.10. The molecule has 1 saturated carbocycles. The second-order valence-corrected chi connectivity index (χ2v) is 7.29. The van der Waals surface area contributed by atoms with E-state index in [1.165, 1.54) is 44.2 Å². The zero-order valence-electron chi connectivity index (χ0n) is 15.7. The van der Waals surface area contributed by atoms with E-state index in [4.69, 9.17) is 10.3 Å². The number of carbonyl (C=O) groups excluding carboxylic acids is 1. The largest absolute Gasteiger partial charge is 0.369 e. The average Bonchev–Trinajstić information content (AvgIpc) is 3.15. The summed E-state index contributed by atoms with van der Waals surface area (Å²) < 4.78 is 5.30. The Bertz CT molecular complexity index is 816. The molecule has 0 spiro atoms. The molecule has 0 saturated heterocycles. The molecule has 0 bridgehead atoms. The van der Waals surface area contributed by atoms with Crippen LogP contribution >= 0.6 is 0 Å². The second-order valence-electron chi connectivity index (χ2n) is 7.29. The summed E-state index contributed by atoms with van der Waals surface area (Å²) in [6.07, 6.45) is 7.35. The van der Waals surface area contributed by atoms with Gasteiger partial charge in [0.05, 0.1) is 18.0 Å². The molecule has 9 nitrogen and oxygen atoms in total. The molecule has 3 rings (SSSR count). The first-order chi connectivity index (χ1) is 13.5. The highest BCUT2D eigenvalue weighted by atomic mass is 16.6. The van der Waals surface area contributed by atoms with Gasteiger partial charge in [-0.15, -0.1) is 0 Å². The lowest BCUT2D eigenvalue weighted by Gasteiger charge is -2.25. The van der Waals surface area contributed by atoms with E-state index in [1.807, 2.05) is 4.90 Å². The minimum Gasteiger partial charge on any atom is -0.369 e. The van der Waals surface area contributed by atoms with Crippen molar-refractivity contribution in [1.82, 2.24) is 15.0 Å². The summed E-state index contributed by atoms with van der Waals surface area (Å²) in [5.41, 5.74) is 5.86. The van der Waals surface area contributed by atoms with Crippen LogP contribution in [0.2, 0.25) is 0 Å². The Morgan fingerprint density at radius 2 is 2.11 bits per heavy atom. The van der Waals surface area contributed by atoms with Crippen molar-refractivity contribution in [1.29, 1.82) is 0 Å². The Kier molecular flexibility index (Phi) is 6.70. The average molecular weight is 387 g/mol. The molecule has 1 heterocycles. The van der Waals surface area contributed by atoms with Crippen LogP contribution in [0.25, 0.3) is 11.4 Å². The van der Waals surface area contributed by atoms with Gasteiger partial charge in [-0.3, -0.25) is 19.8 Å². The van der Waals surface area contributed by atoms with Gasteiger partial charge in [0, 0.05) is 17.7 Å². The SMILES string of the molecule is NC(=O)CN(CCC1CCCCC1)Cc1nc(-c2cccc([N+](=O)[O-])c2)no1. The second kappa shape index (κ2) is 9.41. The Morgan fingerprint density at radius 3 is 2.82 bits per heavy atom. The number of nitro groups is 1. The molecule has 1 aliphatic carbocycles. The van der Waals surface area contributed by atoms with Gasteiger partial charge >= 0.3 is 0 Å². The number of rotatable bonds is 9. The molecule has 150 valence electrons. The molecule has 9 heteroatoms. The first-order valence-electron chi connectivity index (χ1n) is 9.59.